The number of hydrogen-bond acceptors (Lipinski definition) is 2. The number of rotatable bonds is 2. The number of nitrogens with zero attached hydrogens (tertiary/aromatic N) is 1. The number of hydrogen-bond donors (Lipinski definition) is 1. The number of halogens is 1. The molecule has 2 aromatic rings. The van der Waals surface area contributed by atoms with E-state index in [1.54, 1.807) is 6.08 Å². The maximum Gasteiger partial charge on any atom is 0.281 e. The van der Waals surface area contributed by atoms with Gasteiger partial charge >= 0.3 is 0 Å². The van der Waals surface area contributed by atoms with Gasteiger partial charge < -0.3 is 5.32 Å². The molecule has 0 spiro atoms. The third-order valence-electron chi connectivity index (χ3n) is 3.45. The van der Waals surface area contributed by atoms with Crippen molar-refractivity contribution in [2.75, 3.05) is 4.90 Å². The molecule has 5 heteroatoms. The van der Waals surface area contributed by atoms with Gasteiger partial charge in [-0.1, -0.05) is 24.3 Å². The van der Waals surface area contributed by atoms with E-state index in [4.69, 9.17) is 12.2 Å². The summed E-state index contributed by atoms with van der Waals surface area (Å²) in [4.78, 5) is 13.9. The van der Waals surface area contributed by atoms with Gasteiger partial charge in [-0.3, -0.25) is 9.69 Å². The van der Waals surface area contributed by atoms with Crippen LogP contribution in [-0.2, 0) is 4.79 Å². The van der Waals surface area contributed by atoms with Gasteiger partial charge in [-0.15, -0.1) is 0 Å². The number of carbonyl (C=O) groups excluding carboxylic acids is 1. The Morgan fingerprint density at radius 1 is 1.14 bits per heavy atom. The highest BCUT2D eigenvalue weighted by Crippen LogP contribution is 2.23. The summed E-state index contributed by atoms with van der Waals surface area (Å²) in [6.45, 7) is 1.97. The van der Waals surface area contributed by atoms with Crippen molar-refractivity contribution in [3.05, 3.63) is 71.2 Å². The summed E-state index contributed by atoms with van der Waals surface area (Å²) >= 11 is 5.22. The highest BCUT2D eigenvalue weighted by Gasteiger charge is 2.31. The fourth-order valence-corrected chi connectivity index (χ4v) is 2.56. The first-order chi connectivity index (χ1) is 10.6. The molecule has 0 saturated carbocycles. The minimum absolute atomic E-state index is 0.250. The lowest BCUT2D eigenvalue weighted by atomic mass is 10.1. The number of anilines is 1. The zero-order valence-corrected chi connectivity index (χ0v) is 12.7. The van der Waals surface area contributed by atoms with Crippen LogP contribution in [0.25, 0.3) is 6.08 Å². The molecule has 110 valence electrons. The minimum Gasteiger partial charge on any atom is -0.327 e. The normalized spacial score (nSPS) is 16.3. The topological polar surface area (TPSA) is 32.3 Å². The van der Waals surface area contributed by atoms with Gasteiger partial charge in [0.15, 0.2) is 5.11 Å². The lowest BCUT2D eigenvalue weighted by Crippen LogP contribution is -2.30. The van der Waals surface area contributed by atoms with Gasteiger partial charge in [0.1, 0.15) is 11.5 Å². The lowest BCUT2D eigenvalue weighted by molar-refractivity contribution is -0.113. The van der Waals surface area contributed by atoms with E-state index in [0.717, 1.165) is 11.1 Å². The van der Waals surface area contributed by atoms with Crippen molar-refractivity contribution >= 4 is 35.0 Å². The molecule has 2 aromatic carbocycles. The van der Waals surface area contributed by atoms with Crippen molar-refractivity contribution in [2.45, 2.75) is 6.92 Å². The molecule has 3 nitrogen and oxygen atoms in total. The largest absolute Gasteiger partial charge is 0.327 e. The SMILES string of the molecule is Cc1ccccc1/C=C1/NC(=S)N(c2ccc(F)cc2)C1=O. The highest BCUT2D eigenvalue weighted by atomic mass is 32.1. The molecule has 22 heavy (non-hydrogen) atoms. The fraction of sp³-hybridized carbons (Fsp3) is 0.0588. The van der Waals surface area contributed by atoms with Crippen molar-refractivity contribution in [3.8, 4) is 0 Å². The summed E-state index contributed by atoms with van der Waals surface area (Å²) in [7, 11) is 0. The summed E-state index contributed by atoms with van der Waals surface area (Å²) in [6.07, 6.45) is 1.77. The van der Waals surface area contributed by atoms with Crippen LogP contribution < -0.4 is 10.2 Å². The van der Waals surface area contributed by atoms with Crippen LogP contribution in [0.2, 0.25) is 0 Å². The Labute approximate surface area is 133 Å². The molecule has 0 bridgehead atoms. The Bertz CT molecular complexity index is 784. The maximum absolute atomic E-state index is 13.0. The summed E-state index contributed by atoms with van der Waals surface area (Å²) in [5, 5.41) is 3.21. The first-order valence-corrected chi connectivity index (χ1v) is 7.15. The van der Waals surface area contributed by atoms with Crippen LogP contribution in [0, 0.1) is 12.7 Å². The number of benzene rings is 2. The first-order valence-electron chi connectivity index (χ1n) is 6.74. The van der Waals surface area contributed by atoms with Crippen LogP contribution in [-0.4, -0.2) is 11.0 Å². The molecule has 0 atom stereocenters. The third kappa shape index (κ3) is 2.63. The van der Waals surface area contributed by atoms with E-state index in [-0.39, 0.29) is 16.8 Å². The Morgan fingerprint density at radius 3 is 2.50 bits per heavy atom. The van der Waals surface area contributed by atoms with E-state index >= 15 is 0 Å². The molecule has 0 radical (unpaired) electrons. The molecule has 0 unspecified atom stereocenters. The maximum atomic E-state index is 13.0. The van der Waals surface area contributed by atoms with E-state index in [1.807, 2.05) is 31.2 Å². The molecule has 1 saturated heterocycles. The van der Waals surface area contributed by atoms with Crippen LogP contribution >= 0.6 is 12.2 Å². The molecular weight excluding hydrogens is 299 g/mol. The molecule has 1 aliphatic rings. The Balaban J connectivity index is 1.95. The predicted octanol–water partition coefficient (Wildman–Crippen LogP) is 3.40. The standard InChI is InChI=1S/C17H13FN2OS/c1-11-4-2-3-5-12(11)10-15-16(21)20(17(22)19-15)14-8-6-13(18)7-9-14/h2-10H,1H3,(H,19,22)/b15-10+. The van der Waals surface area contributed by atoms with Gasteiger partial charge in [0.05, 0.1) is 5.69 Å². The van der Waals surface area contributed by atoms with Crippen LogP contribution in [0.15, 0.2) is 54.2 Å². The fourth-order valence-electron chi connectivity index (χ4n) is 2.26. The van der Waals surface area contributed by atoms with Gasteiger partial charge in [0.25, 0.3) is 5.91 Å². The second kappa shape index (κ2) is 5.69. The van der Waals surface area contributed by atoms with E-state index in [1.165, 1.54) is 29.2 Å². The van der Waals surface area contributed by atoms with Crippen LogP contribution in [0.4, 0.5) is 10.1 Å². The second-order valence-corrected chi connectivity index (χ2v) is 5.35. The van der Waals surface area contributed by atoms with Crippen molar-refractivity contribution in [2.24, 2.45) is 0 Å². The molecule has 1 heterocycles. The van der Waals surface area contributed by atoms with Crippen molar-refractivity contribution < 1.29 is 9.18 Å². The van der Waals surface area contributed by atoms with E-state index in [0.29, 0.717) is 11.4 Å². The van der Waals surface area contributed by atoms with Crippen LogP contribution in [0.1, 0.15) is 11.1 Å². The van der Waals surface area contributed by atoms with Crippen LogP contribution in [0.3, 0.4) is 0 Å². The molecular formula is C17H13FN2OS. The Hall–Kier alpha value is -2.53. The lowest BCUT2D eigenvalue weighted by Gasteiger charge is -2.13. The van der Waals surface area contributed by atoms with Gasteiger partial charge in [0, 0.05) is 0 Å². The molecule has 3 rings (SSSR count). The highest BCUT2D eigenvalue weighted by molar-refractivity contribution is 7.80. The minimum atomic E-state index is -0.357. The molecule has 1 amide bonds. The smallest absolute Gasteiger partial charge is 0.281 e. The third-order valence-corrected chi connectivity index (χ3v) is 3.74. The Morgan fingerprint density at radius 2 is 1.82 bits per heavy atom. The average molecular weight is 312 g/mol. The van der Waals surface area contributed by atoms with Gasteiger partial charge in [-0.25, -0.2) is 4.39 Å². The van der Waals surface area contributed by atoms with Gasteiger partial charge in [-0.05, 0) is 60.6 Å². The number of nitrogens with one attached hydrogen (secondary N) is 1. The van der Waals surface area contributed by atoms with E-state index < -0.39 is 0 Å². The van der Waals surface area contributed by atoms with Gasteiger partial charge in [0.2, 0.25) is 0 Å². The summed E-state index contributed by atoms with van der Waals surface area (Å²) in [5.41, 5.74) is 2.96. The van der Waals surface area contributed by atoms with Crippen LogP contribution in [0.5, 0.6) is 0 Å². The zero-order chi connectivity index (χ0) is 15.7. The van der Waals surface area contributed by atoms with Crippen molar-refractivity contribution in [3.63, 3.8) is 0 Å². The monoisotopic (exact) mass is 312 g/mol. The van der Waals surface area contributed by atoms with Gasteiger partial charge in [-0.2, -0.15) is 0 Å². The molecule has 1 aliphatic heterocycles. The predicted molar refractivity (Wildman–Crippen MR) is 88.8 cm³/mol. The first kappa shape index (κ1) is 14.4. The average Bonchev–Trinajstić information content (AvgIpc) is 2.77. The summed E-state index contributed by atoms with van der Waals surface area (Å²) in [5.74, 6) is -0.607. The van der Waals surface area contributed by atoms with E-state index in [9.17, 15) is 9.18 Å². The zero-order valence-electron chi connectivity index (χ0n) is 11.8. The number of thiocarbonyl (C=S) groups is 1. The quantitative estimate of drug-likeness (QED) is 0.681. The van der Waals surface area contributed by atoms with Crippen molar-refractivity contribution in [1.82, 2.24) is 5.32 Å². The second-order valence-electron chi connectivity index (χ2n) is 4.96. The molecule has 1 N–H and O–H groups in total. The molecule has 0 aliphatic carbocycles. The Kier molecular flexibility index (Phi) is 3.73. The number of carbonyl (C=O) groups is 1. The molecule has 0 aromatic heterocycles. The molecule has 1 fully saturated rings. The summed E-state index contributed by atoms with van der Waals surface area (Å²) < 4.78 is 13.0. The summed E-state index contributed by atoms with van der Waals surface area (Å²) in [6, 6.07) is 13.4. The van der Waals surface area contributed by atoms with Crippen molar-refractivity contribution in [1.29, 1.82) is 0 Å². The van der Waals surface area contributed by atoms with E-state index in [2.05, 4.69) is 5.32 Å². The number of aryl methyl sites for hydroxylation is 1. The number of amides is 1.